The zero-order valence-corrected chi connectivity index (χ0v) is 16.0. The van der Waals surface area contributed by atoms with Crippen molar-refractivity contribution in [2.45, 2.75) is 19.8 Å². The molecule has 0 heterocycles. The average molecular weight is 389 g/mol. The molecular formula is C21H21F2NO2S. The van der Waals surface area contributed by atoms with Gasteiger partial charge >= 0.3 is 0 Å². The molecule has 3 nitrogen and oxygen atoms in total. The molecule has 142 valence electrons. The third-order valence-electron chi connectivity index (χ3n) is 4.68. The lowest BCUT2D eigenvalue weighted by Gasteiger charge is -2.13. The molecule has 1 N–H and O–H groups in total. The van der Waals surface area contributed by atoms with Crippen LogP contribution in [0.3, 0.4) is 0 Å². The van der Waals surface area contributed by atoms with Gasteiger partial charge in [-0.3, -0.25) is 4.72 Å². The number of sulfonamides is 1. The zero-order valence-electron chi connectivity index (χ0n) is 15.2. The van der Waals surface area contributed by atoms with Gasteiger partial charge in [0.05, 0.1) is 6.26 Å². The molecule has 0 amide bonds. The van der Waals surface area contributed by atoms with Crippen molar-refractivity contribution in [1.82, 2.24) is 0 Å². The molecule has 0 aliphatic heterocycles. The maximum atomic E-state index is 14.4. The minimum atomic E-state index is -3.39. The van der Waals surface area contributed by atoms with Gasteiger partial charge in [0.15, 0.2) is 0 Å². The van der Waals surface area contributed by atoms with Gasteiger partial charge < -0.3 is 0 Å². The Hall–Kier alpha value is -2.47. The van der Waals surface area contributed by atoms with Crippen LogP contribution >= 0.6 is 0 Å². The maximum Gasteiger partial charge on any atom is 0.229 e. The topological polar surface area (TPSA) is 46.2 Å². The van der Waals surface area contributed by atoms with Gasteiger partial charge in [0, 0.05) is 5.69 Å². The van der Waals surface area contributed by atoms with E-state index >= 15 is 0 Å². The summed E-state index contributed by atoms with van der Waals surface area (Å²) in [7, 11) is -3.39. The van der Waals surface area contributed by atoms with Gasteiger partial charge in [-0.15, -0.1) is 0 Å². The maximum absolute atomic E-state index is 14.4. The first kappa shape index (κ1) is 19.3. The molecule has 0 unspecified atom stereocenters. The van der Waals surface area contributed by atoms with Gasteiger partial charge in [0.1, 0.15) is 12.5 Å². The minimum Gasteiger partial charge on any atom is -0.284 e. The van der Waals surface area contributed by atoms with Crippen LogP contribution in [-0.4, -0.2) is 21.3 Å². The molecule has 0 bridgehead atoms. The van der Waals surface area contributed by atoms with E-state index in [4.69, 9.17) is 0 Å². The van der Waals surface area contributed by atoms with Crippen molar-refractivity contribution in [1.29, 1.82) is 0 Å². The average Bonchev–Trinajstić information content (AvgIpc) is 2.72. The zero-order chi connectivity index (χ0) is 19.6. The first-order valence-corrected chi connectivity index (χ1v) is 10.5. The van der Waals surface area contributed by atoms with Crippen molar-refractivity contribution in [2.24, 2.45) is 0 Å². The van der Waals surface area contributed by atoms with E-state index in [0.29, 0.717) is 29.7 Å². The third-order valence-corrected chi connectivity index (χ3v) is 5.29. The van der Waals surface area contributed by atoms with Gasteiger partial charge in [0.2, 0.25) is 10.0 Å². The Balaban J connectivity index is 2.15. The quantitative estimate of drug-likeness (QED) is 0.802. The molecule has 1 aliphatic rings. The summed E-state index contributed by atoms with van der Waals surface area (Å²) >= 11 is 0. The smallest absolute Gasteiger partial charge is 0.229 e. The summed E-state index contributed by atoms with van der Waals surface area (Å²) in [6, 6.07) is 11.8. The lowest BCUT2D eigenvalue weighted by Crippen LogP contribution is -2.09. The molecule has 2 aromatic carbocycles. The van der Waals surface area contributed by atoms with E-state index in [1.807, 2.05) is 25.1 Å². The number of hydrogen-bond acceptors (Lipinski definition) is 2. The monoisotopic (exact) mass is 389 g/mol. The predicted octanol–water partition coefficient (Wildman–Crippen LogP) is 4.97. The highest BCUT2D eigenvalue weighted by Crippen LogP contribution is 2.36. The highest BCUT2D eigenvalue weighted by atomic mass is 32.2. The van der Waals surface area contributed by atoms with E-state index in [9.17, 15) is 17.2 Å². The van der Waals surface area contributed by atoms with Gasteiger partial charge in [-0.1, -0.05) is 24.3 Å². The molecule has 0 radical (unpaired) electrons. The van der Waals surface area contributed by atoms with Crippen molar-refractivity contribution < 1.29 is 17.2 Å². The van der Waals surface area contributed by atoms with Crippen LogP contribution in [-0.2, 0) is 16.4 Å². The van der Waals surface area contributed by atoms with Gasteiger partial charge in [-0.2, -0.15) is 0 Å². The third kappa shape index (κ3) is 4.45. The van der Waals surface area contributed by atoms with E-state index in [2.05, 4.69) is 4.72 Å². The first-order chi connectivity index (χ1) is 12.8. The summed E-state index contributed by atoms with van der Waals surface area (Å²) in [5, 5.41) is 0. The highest BCUT2D eigenvalue weighted by molar-refractivity contribution is 7.92. The van der Waals surface area contributed by atoms with E-state index in [1.54, 1.807) is 24.3 Å². The predicted molar refractivity (Wildman–Crippen MR) is 106 cm³/mol. The summed E-state index contributed by atoms with van der Waals surface area (Å²) in [5.41, 5.74) is 4.71. The fourth-order valence-corrected chi connectivity index (χ4v) is 3.90. The lowest BCUT2D eigenvalue weighted by molar-refractivity contribution is 0.527. The van der Waals surface area contributed by atoms with Crippen molar-refractivity contribution in [3.8, 4) is 0 Å². The molecule has 2 aromatic rings. The number of allylic oxidation sites excluding steroid dienone is 3. The molecule has 0 saturated heterocycles. The molecule has 6 heteroatoms. The number of anilines is 1. The van der Waals surface area contributed by atoms with Crippen LogP contribution < -0.4 is 4.72 Å². The Labute approximate surface area is 158 Å². The SMILES string of the molecule is CC1=C(CF)CCc2c(F)cccc2/C1=C/c1cccc(NS(C)(=O)=O)c1. The summed E-state index contributed by atoms with van der Waals surface area (Å²) in [6.07, 6.45) is 3.86. The molecule has 0 fully saturated rings. The Morgan fingerprint density at radius 2 is 1.89 bits per heavy atom. The summed E-state index contributed by atoms with van der Waals surface area (Å²) in [6.45, 7) is 1.27. The van der Waals surface area contributed by atoms with E-state index in [-0.39, 0.29) is 5.82 Å². The Bertz CT molecular complexity index is 1040. The molecule has 3 rings (SSSR count). The minimum absolute atomic E-state index is 0.293. The first-order valence-electron chi connectivity index (χ1n) is 8.61. The standard InChI is InChI=1S/C21H21F2NO2S/c1-14-16(13-22)9-10-19-18(7-4-8-21(19)23)20(14)12-15-5-3-6-17(11-15)24-27(2,25)26/h3-8,11-12,24H,9-10,13H2,1-2H3/b20-12+. The Kier molecular flexibility index (Phi) is 5.46. The second-order valence-electron chi connectivity index (χ2n) is 6.69. The van der Waals surface area contributed by atoms with Gasteiger partial charge in [-0.05, 0) is 77.5 Å². The van der Waals surface area contributed by atoms with Crippen LogP contribution in [0.25, 0.3) is 11.6 Å². The molecule has 0 spiro atoms. The molecule has 0 atom stereocenters. The molecular weight excluding hydrogens is 368 g/mol. The van der Waals surface area contributed by atoms with Gasteiger partial charge in [0.25, 0.3) is 0 Å². The Morgan fingerprint density at radius 1 is 1.15 bits per heavy atom. The van der Waals surface area contributed by atoms with Gasteiger partial charge in [-0.25, -0.2) is 17.2 Å². The van der Waals surface area contributed by atoms with Crippen LogP contribution in [0.4, 0.5) is 14.5 Å². The molecule has 27 heavy (non-hydrogen) atoms. The molecule has 0 aromatic heterocycles. The normalized spacial score (nSPS) is 16.2. The lowest BCUT2D eigenvalue weighted by atomic mass is 9.92. The summed E-state index contributed by atoms with van der Waals surface area (Å²) in [5.74, 6) is -0.293. The van der Waals surface area contributed by atoms with E-state index in [0.717, 1.165) is 28.5 Å². The van der Waals surface area contributed by atoms with E-state index < -0.39 is 16.7 Å². The van der Waals surface area contributed by atoms with E-state index in [1.165, 1.54) is 6.07 Å². The van der Waals surface area contributed by atoms with Crippen molar-refractivity contribution in [3.05, 3.63) is 76.1 Å². The second kappa shape index (κ2) is 7.64. The van der Waals surface area contributed by atoms with Crippen LogP contribution in [0.15, 0.2) is 53.6 Å². The van der Waals surface area contributed by atoms with Crippen LogP contribution in [0, 0.1) is 5.82 Å². The van der Waals surface area contributed by atoms with Crippen LogP contribution in [0.1, 0.15) is 30.0 Å². The summed E-state index contributed by atoms with van der Waals surface area (Å²) < 4.78 is 53.3. The number of halogens is 2. The summed E-state index contributed by atoms with van der Waals surface area (Å²) in [4.78, 5) is 0. The number of benzene rings is 2. The number of rotatable bonds is 4. The number of alkyl halides is 1. The molecule has 0 saturated carbocycles. The fraction of sp³-hybridized carbons (Fsp3) is 0.238. The van der Waals surface area contributed by atoms with Crippen LogP contribution in [0.5, 0.6) is 0 Å². The number of fused-ring (bicyclic) bond motifs is 1. The van der Waals surface area contributed by atoms with Crippen molar-refractivity contribution in [2.75, 3.05) is 17.7 Å². The van der Waals surface area contributed by atoms with Crippen LogP contribution in [0.2, 0.25) is 0 Å². The molecule has 1 aliphatic carbocycles. The number of nitrogens with one attached hydrogen (secondary N) is 1. The second-order valence-corrected chi connectivity index (χ2v) is 8.43. The fourth-order valence-electron chi connectivity index (χ4n) is 3.35. The highest BCUT2D eigenvalue weighted by Gasteiger charge is 2.20. The van der Waals surface area contributed by atoms with Crippen molar-refractivity contribution in [3.63, 3.8) is 0 Å². The number of hydrogen-bond donors (Lipinski definition) is 1. The van der Waals surface area contributed by atoms with Crippen molar-refractivity contribution >= 4 is 27.4 Å². The Morgan fingerprint density at radius 3 is 2.59 bits per heavy atom. The largest absolute Gasteiger partial charge is 0.284 e.